The molecule has 0 spiro atoms. The largest absolute Gasteiger partial charge is 0.416 e. The maximum absolute atomic E-state index is 12.4. The number of alkyl halides is 4. The molecule has 1 aromatic carbocycles. The molecule has 80 valence electrons. The van der Waals surface area contributed by atoms with Crippen molar-refractivity contribution >= 4 is 21.6 Å². The Morgan fingerprint density at radius 1 is 1.27 bits per heavy atom. The third-order valence-electron chi connectivity index (χ3n) is 1.58. The first-order valence-corrected chi connectivity index (χ1v) is 5.08. The van der Waals surface area contributed by atoms with Gasteiger partial charge in [0.1, 0.15) is 0 Å². The van der Waals surface area contributed by atoms with Crippen molar-refractivity contribution in [1.29, 1.82) is 0 Å². The SMILES string of the molecule is Nc1cc(C#CCBr)cc(C(F)(F)F)c1. The Labute approximate surface area is 93.6 Å². The fourth-order valence-electron chi connectivity index (χ4n) is 1.02. The topological polar surface area (TPSA) is 26.0 Å². The maximum atomic E-state index is 12.4. The van der Waals surface area contributed by atoms with Crippen molar-refractivity contribution in [3.05, 3.63) is 29.3 Å². The molecule has 0 saturated heterocycles. The maximum Gasteiger partial charge on any atom is 0.416 e. The van der Waals surface area contributed by atoms with Crippen LogP contribution in [0.4, 0.5) is 18.9 Å². The van der Waals surface area contributed by atoms with E-state index in [0.29, 0.717) is 5.33 Å². The lowest BCUT2D eigenvalue weighted by atomic mass is 10.1. The molecule has 15 heavy (non-hydrogen) atoms. The minimum absolute atomic E-state index is 0.0590. The van der Waals surface area contributed by atoms with E-state index in [9.17, 15) is 13.2 Å². The van der Waals surface area contributed by atoms with E-state index >= 15 is 0 Å². The van der Waals surface area contributed by atoms with E-state index < -0.39 is 11.7 Å². The van der Waals surface area contributed by atoms with Crippen molar-refractivity contribution in [3.8, 4) is 11.8 Å². The highest BCUT2D eigenvalue weighted by molar-refractivity contribution is 9.09. The molecule has 1 aromatic rings. The zero-order valence-electron chi connectivity index (χ0n) is 7.53. The van der Waals surface area contributed by atoms with Gasteiger partial charge in [0.15, 0.2) is 0 Å². The Balaban J connectivity index is 3.17. The molecule has 0 aliphatic rings. The quantitative estimate of drug-likeness (QED) is 0.440. The first-order valence-electron chi connectivity index (χ1n) is 3.96. The fraction of sp³-hybridized carbons (Fsp3) is 0.200. The summed E-state index contributed by atoms with van der Waals surface area (Å²) in [7, 11) is 0. The summed E-state index contributed by atoms with van der Waals surface area (Å²) >= 11 is 3.06. The fourth-order valence-corrected chi connectivity index (χ4v) is 1.16. The van der Waals surface area contributed by atoms with E-state index in [1.807, 2.05) is 0 Å². The number of rotatable bonds is 0. The van der Waals surface area contributed by atoms with Crippen LogP contribution >= 0.6 is 15.9 Å². The van der Waals surface area contributed by atoms with Gasteiger partial charge >= 0.3 is 6.18 Å². The minimum atomic E-state index is -4.39. The zero-order chi connectivity index (χ0) is 11.5. The Kier molecular flexibility index (Phi) is 3.64. The first kappa shape index (κ1) is 11.9. The first-order chi connectivity index (χ1) is 6.93. The summed E-state index contributed by atoms with van der Waals surface area (Å²) < 4.78 is 37.1. The van der Waals surface area contributed by atoms with Crippen molar-refractivity contribution in [2.24, 2.45) is 0 Å². The third kappa shape index (κ3) is 3.48. The van der Waals surface area contributed by atoms with E-state index in [2.05, 4.69) is 27.8 Å². The van der Waals surface area contributed by atoms with Crippen LogP contribution in [0.1, 0.15) is 11.1 Å². The van der Waals surface area contributed by atoms with Crippen LogP contribution in [-0.2, 0) is 6.18 Å². The van der Waals surface area contributed by atoms with Gasteiger partial charge in [0.05, 0.1) is 10.9 Å². The molecule has 0 radical (unpaired) electrons. The molecule has 0 bridgehead atoms. The van der Waals surface area contributed by atoms with E-state index in [4.69, 9.17) is 5.73 Å². The highest BCUT2D eigenvalue weighted by Crippen LogP contribution is 2.31. The summed E-state index contributed by atoms with van der Waals surface area (Å²) in [6.45, 7) is 0. The van der Waals surface area contributed by atoms with Crippen LogP contribution in [0.3, 0.4) is 0 Å². The third-order valence-corrected chi connectivity index (χ3v) is 1.86. The second kappa shape index (κ2) is 4.58. The van der Waals surface area contributed by atoms with Crippen LogP contribution in [0.15, 0.2) is 18.2 Å². The molecule has 5 heteroatoms. The summed E-state index contributed by atoms with van der Waals surface area (Å²) in [5.41, 5.74) is 4.90. The Morgan fingerprint density at radius 2 is 1.93 bits per heavy atom. The van der Waals surface area contributed by atoms with Crippen molar-refractivity contribution in [1.82, 2.24) is 0 Å². The van der Waals surface area contributed by atoms with Crippen molar-refractivity contribution < 1.29 is 13.2 Å². The smallest absolute Gasteiger partial charge is 0.399 e. The van der Waals surface area contributed by atoms with Crippen LogP contribution in [0, 0.1) is 11.8 Å². The van der Waals surface area contributed by atoms with Gasteiger partial charge in [-0.3, -0.25) is 0 Å². The van der Waals surface area contributed by atoms with E-state index in [-0.39, 0.29) is 11.3 Å². The monoisotopic (exact) mass is 277 g/mol. The summed E-state index contributed by atoms with van der Waals surface area (Å²) in [6.07, 6.45) is -4.39. The Morgan fingerprint density at radius 3 is 2.47 bits per heavy atom. The number of nitrogen functional groups attached to an aromatic ring is 1. The second-order valence-corrected chi connectivity index (χ2v) is 3.34. The number of benzene rings is 1. The highest BCUT2D eigenvalue weighted by Gasteiger charge is 2.30. The van der Waals surface area contributed by atoms with Crippen LogP contribution in [0.2, 0.25) is 0 Å². The normalized spacial score (nSPS) is 10.7. The molecule has 0 saturated carbocycles. The van der Waals surface area contributed by atoms with Gasteiger partial charge < -0.3 is 5.73 Å². The van der Waals surface area contributed by atoms with Gasteiger partial charge in [-0.05, 0) is 18.2 Å². The predicted octanol–water partition coefficient (Wildman–Crippen LogP) is 3.03. The van der Waals surface area contributed by atoms with Crippen LogP contribution in [0.25, 0.3) is 0 Å². The van der Waals surface area contributed by atoms with Crippen molar-refractivity contribution in [3.63, 3.8) is 0 Å². The average Bonchev–Trinajstić information content (AvgIpc) is 2.12. The molecule has 0 aliphatic carbocycles. The molecule has 0 heterocycles. The number of hydrogen-bond donors (Lipinski definition) is 1. The lowest BCUT2D eigenvalue weighted by Crippen LogP contribution is -2.06. The lowest BCUT2D eigenvalue weighted by molar-refractivity contribution is -0.137. The molecular formula is C10H7BrF3N. The van der Waals surface area contributed by atoms with Crippen molar-refractivity contribution in [2.45, 2.75) is 6.18 Å². The molecule has 2 N–H and O–H groups in total. The summed E-state index contributed by atoms with van der Waals surface area (Å²) in [4.78, 5) is 0. The van der Waals surface area contributed by atoms with E-state index in [0.717, 1.165) is 12.1 Å². The highest BCUT2D eigenvalue weighted by atomic mass is 79.9. The molecule has 1 rings (SSSR count). The molecule has 0 aliphatic heterocycles. The molecule has 0 unspecified atom stereocenters. The zero-order valence-corrected chi connectivity index (χ0v) is 9.11. The second-order valence-electron chi connectivity index (χ2n) is 2.78. The molecule has 0 fully saturated rings. The summed E-state index contributed by atoms with van der Waals surface area (Å²) in [5.74, 6) is 5.18. The van der Waals surface area contributed by atoms with Gasteiger partial charge in [0.25, 0.3) is 0 Å². The van der Waals surface area contributed by atoms with Crippen LogP contribution < -0.4 is 5.73 Å². The van der Waals surface area contributed by atoms with Gasteiger partial charge in [-0.1, -0.05) is 27.8 Å². The average molecular weight is 278 g/mol. The van der Waals surface area contributed by atoms with Gasteiger partial charge in [0, 0.05) is 11.3 Å². The molecule has 0 aromatic heterocycles. The number of anilines is 1. The predicted molar refractivity (Wildman–Crippen MR) is 56.5 cm³/mol. The molecule has 1 nitrogen and oxygen atoms in total. The van der Waals surface area contributed by atoms with Gasteiger partial charge in [-0.25, -0.2) is 0 Å². The molecule has 0 atom stereocenters. The summed E-state index contributed by atoms with van der Waals surface area (Å²) in [5, 5.41) is 0.406. The van der Waals surface area contributed by atoms with Gasteiger partial charge in [-0.15, -0.1) is 0 Å². The van der Waals surface area contributed by atoms with E-state index in [1.54, 1.807) is 0 Å². The van der Waals surface area contributed by atoms with Crippen LogP contribution in [-0.4, -0.2) is 5.33 Å². The van der Waals surface area contributed by atoms with Gasteiger partial charge in [-0.2, -0.15) is 13.2 Å². The minimum Gasteiger partial charge on any atom is -0.399 e. The number of halogens is 4. The number of hydrogen-bond acceptors (Lipinski definition) is 1. The Hall–Kier alpha value is -1.15. The number of nitrogens with two attached hydrogens (primary N) is 1. The molecular weight excluding hydrogens is 271 g/mol. The van der Waals surface area contributed by atoms with Gasteiger partial charge in [0.2, 0.25) is 0 Å². The van der Waals surface area contributed by atoms with E-state index in [1.165, 1.54) is 6.07 Å². The molecule has 0 amide bonds. The lowest BCUT2D eigenvalue weighted by Gasteiger charge is -2.07. The standard InChI is InChI=1S/C10H7BrF3N/c11-3-1-2-7-4-8(10(12,13)14)6-9(15)5-7/h4-6H,3,15H2. The Bertz CT molecular complexity index is 415. The van der Waals surface area contributed by atoms with Crippen LogP contribution in [0.5, 0.6) is 0 Å². The van der Waals surface area contributed by atoms with Crippen molar-refractivity contribution in [2.75, 3.05) is 11.1 Å². The summed E-state index contributed by atoms with van der Waals surface area (Å²) in [6, 6.07) is 3.27.